The molecule has 0 aliphatic heterocycles. The lowest BCUT2D eigenvalue weighted by atomic mass is 10.1. The van der Waals surface area contributed by atoms with Crippen LogP contribution in [0, 0.1) is 10.1 Å². The van der Waals surface area contributed by atoms with Gasteiger partial charge in [0.2, 0.25) is 5.91 Å². The highest BCUT2D eigenvalue weighted by molar-refractivity contribution is 6.07. The quantitative estimate of drug-likeness (QED) is 0.276. The molecule has 0 heterocycles. The molecule has 29 heavy (non-hydrogen) atoms. The van der Waals surface area contributed by atoms with Crippen LogP contribution in [0.4, 0.5) is 11.4 Å². The summed E-state index contributed by atoms with van der Waals surface area (Å²) in [7, 11) is 0. The number of carbonyl (C=O) groups is 2. The summed E-state index contributed by atoms with van der Waals surface area (Å²) in [5.74, 6) is -0.698. The van der Waals surface area contributed by atoms with Crippen LogP contribution in [0.15, 0.2) is 54.6 Å². The fourth-order valence-electron chi connectivity index (χ4n) is 2.46. The molecule has 0 aliphatic rings. The Bertz CT molecular complexity index is 878. The summed E-state index contributed by atoms with van der Waals surface area (Å²) in [6.45, 7) is 3.59. The normalized spacial score (nSPS) is 10.7. The Labute approximate surface area is 168 Å². The molecule has 0 fully saturated rings. The van der Waals surface area contributed by atoms with E-state index in [0.29, 0.717) is 43.0 Å². The van der Waals surface area contributed by atoms with Gasteiger partial charge in [0.1, 0.15) is 0 Å². The van der Waals surface area contributed by atoms with Gasteiger partial charge in [-0.25, -0.2) is 0 Å². The Morgan fingerprint density at radius 1 is 1.14 bits per heavy atom. The van der Waals surface area contributed by atoms with Crippen molar-refractivity contribution in [3.8, 4) is 0 Å². The molecule has 0 bridgehead atoms. The molecule has 2 rings (SSSR count). The van der Waals surface area contributed by atoms with Gasteiger partial charge in [-0.3, -0.25) is 19.7 Å². The summed E-state index contributed by atoms with van der Waals surface area (Å²) >= 11 is 0. The highest BCUT2D eigenvalue weighted by atomic mass is 16.6. The van der Waals surface area contributed by atoms with Gasteiger partial charge in [-0.1, -0.05) is 12.1 Å². The smallest absolute Gasteiger partial charge is 0.269 e. The van der Waals surface area contributed by atoms with Gasteiger partial charge in [-0.05, 0) is 49.2 Å². The van der Waals surface area contributed by atoms with E-state index in [1.54, 1.807) is 36.4 Å². The molecule has 0 aromatic heterocycles. The van der Waals surface area contributed by atoms with Gasteiger partial charge >= 0.3 is 0 Å². The highest BCUT2D eigenvalue weighted by Gasteiger charge is 2.11. The molecular formula is C21H23N3O5. The van der Waals surface area contributed by atoms with Gasteiger partial charge in [0.25, 0.3) is 11.6 Å². The van der Waals surface area contributed by atoms with Crippen molar-refractivity contribution in [1.82, 2.24) is 5.32 Å². The lowest BCUT2D eigenvalue weighted by Crippen LogP contribution is -2.26. The number of carbonyl (C=O) groups excluding carboxylic acids is 2. The van der Waals surface area contributed by atoms with Crippen molar-refractivity contribution in [3.05, 3.63) is 75.8 Å². The zero-order chi connectivity index (χ0) is 21.1. The molecule has 0 radical (unpaired) electrons. The number of anilines is 1. The van der Waals surface area contributed by atoms with Crippen LogP contribution < -0.4 is 10.6 Å². The fourth-order valence-corrected chi connectivity index (χ4v) is 2.46. The van der Waals surface area contributed by atoms with Crippen molar-refractivity contribution in [2.45, 2.75) is 13.3 Å². The van der Waals surface area contributed by atoms with Crippen LogP contribution in [0.25, 0.3) is 6.08 Å². The molecule has 2 amide bonds. The first-order valence-electron chi connectivity index (χ1n) is 9.19. The van der Waals surface area contributed by atoms with Crippen molar-refractivity contribution in [3.63, 3.8) is 0 Å². The lowest BCUT2D eigenvalue weighted by molar-refractivity contribution is -0.384. The minimum Gasteiger partial charge on any atom is -0.382 e. The van der Waals surface area contributed by atoms with E-state index >= 15 is 0 Å². The Morgan fingerprint density at radius 2 is 1.86 bits per heavy atom. The number of benzene rings is 2. The van der Waals surface area contributed by atoms with Crippen LogP contribution in [0.3, 0.4) is 0 Å². The molecule has 0 spiro atoms. The SMILES string of the molecule is CCOCCCNC(=O)c1ccccc1NC(=O)/C=C/c1ccc([N+](=O)[O-])cc1. The van der Waals surface area contributed by atoms with Crippen molar-refractivity contribution < 1.29 is 19.2 Å². The van der Waals surface area contributed by atoms with E-state index in [1.807, 2.05) is 6.92 Å². The maximum Gasteiger partial charge on any atom is 0.269 e. The standard InChI is InChI=1S/C21H23N3O5/c1-2-29-15-5-14-22-21(26)18-6-3-4-7-19(18)23-20(25)13-10-16-8-11-17(12-9-16)24(27)28/h3-4,6-13H,2,5,14-15H2,1H3,(H,22,26)(H,23,25)/b13-10+. The van der Waals surface area contributed by atoms with Crippen LogP contribution in [0.2, 0.25) is 0 Å². The summed E-state index contributed by atoms with van der Waals surface area (Å²) in [5.41, 5.74) is 1.38. The number of nitro benzene ring substituents is 1. The molecule has 8 nitrogen and oxygen atoms in total. The van der Waals surface area contributed by atoms with E-state index in [1.165, 1.54) is 24.3 Å². The third kappa shape index (κ3) is 7.19. The summed E-state index contributed by atoms with van der Waals surface area (Å²) in [6.07, 6.45) is 3.54. The van der Waals surface area contributed by atoms with Gasteiger partial charge in [0, 0.05) is 38.0 Å². The van der Waals surface area contributed by atoms with Gasteiger partial charge in [0.05, 0.1) is 16.2 Å². The van der Waals surface area contributed by atoms with E-state index < -0.39 is 10.8 Å². The van der Waals surface area contributed by atoms with Crippen LogP contribution in [0.1, 0.15) is 29.3 Å². The fraction of sp³-hybridized carbons (Fsp3) is 0.238. The first-order valence-corrected chi connectivity index (χ1v) is 9.19. The zero-order valence-corrected chi connectivity index (χ0v) is 16.1. The number of rotatable bonds is 10. The Morgan fingerprint density at radius 3 is 2.55 bits per heavy atom. The van der Waals surface area contributed by atoms with E-state index in [-0.39, 0.29) is 11.6 Å². The molecule has 0 aliphatic carbocycles. The number of ether oxygens (including phenoxy) is 1. The number of hydrogen-bond acceptors (Lipinski definition) is 5. The molecular weight excluding hydrogens is 374 g/mol. The van der Waals surface area contributed by atoms with Crippen molar-refractivity contribution >= 4 is 29.3 Å². The number of non-ortho nitro benzene ring substituents is 1. The Hall–Kier alpha value is -3.52. The topological polar surface area (TPSA) is 111 Å². The largest absolute Gasteiger partial charge is 0.382 e. The second-order valence-corrected chi connectivity index (χ2v) is 6.02. The van der Waals surface area contributed by atoms with Crippen molar-refractivity contribution in [2.24, 2.45) is 0 Å². The summed E-state index contributed by atoms with van der Waals surface area (Å²) in [4.78, 5) is 34.8. The summed E-state index contributed by atoms with van der Waals surface area (Å²) < 4.78 is 5.23. The number of nitrogens with zero attached hydrogens (tertiary/aromatic N) is 1. The number of nitrogens with one attached hydrogen (secondary N) is 2. The predicted molar refractivity (Wildman–Crippen MR) is 111 cm³/mol. The van der Waals surface area contributed by atoms with Gasteiger partial charge < -0.3 is 15.4 Å². The number of para-hydroxylation sites is 1. The molecule has 152 valence electrons. The molecule has 2 N–H and O–H groups in total. The average Bonchev–Trinajstić information content (AvgIpc) is 2.72. The molecule has 2 aromatic rings. The van der Waals surface area contributed by atoms with Crippen molar-refractivity contribution in [1.29, 1.82) is 0 Å². The van der Waals surface area contributed by atoms with Crippen molar-refractivity contribution in [2.75, 3.05) is 25.1 Å². The Balaban J connectivity index is 1.96. The molecule has 0 saturated heterocycles. The van der Waals surface area contributed by atoms with E-state index in [0.717, 1.165) is 0 Å². The van der Waals surface area contributed by atoms with E-state index in [2.05, 4.69) is 10.6 Å². The van der Waals surface area contributed by atoms with Crippen LogP contribution in [0.5, 0.6) is 0 Å². The minimum atomic E-state index is -0.487. The summed E-state index contributed by atoms with van der Waals surface area (Å²) in [5, 5.41) is 16.1. The summed E-state index contributed by atoms with van der Waals surface area (Å²) in [6, 6.07) is 12.5. The second-order valence-electron chi connectivity index (χ2n) is 6.02. The lowest BCUT2D eigenvalue weighted by Gasteiger charge is -2.10. The molecule has 2 aromatic carbocycles. The van der Waals surface area contributed by atoms with Gasteiger partial charge in [-0.2, -0.15) is 0 Å². The monoisotopic (exact) mass is 397 g/mol. The number of hydrogen-bond donors (Lipinski definition) is 2. The first kappa shape index (κ1) is 21.8. The van der Waals surface area contributed by atoms with Gasteiger partial charge in [-0.15, -0.1) is 0 Å². The molecule has 0 saturated carbocycles. The average molecular weight is 397 g/mol. The maximum atomic E-state index is 12.4. The van der Waals surface area contributed by atoms with E-state index in [4.69, 9.17) is 4.74 Å². The zero-order valence-electron chi connectivity index (χ0n) is 16.1. The number of amides is 2. The minimum absolute atomic E-state index is 0.0206. The molecule has 8 heteroatoms. The second kappa shape index (κ2) is 11.4. The number of nitro groups is 1. The molecule has 0 atom stereocenters. The predicted octanol–water partition coefficient (Wildman–Crippen LogP) is 3.40. The third-order valence-corrected chi connectivity index (χ3v) is 3.92. The maximum absolute atomic E-state index is 12.4. The third-order valence-electron chi connectivity index (χ3n) is 3.92. The molecule has 0 unspecified atom stereocenters. The van der Waals surface area contributed by atoms with Gasteiger partial charge in [0.15, 0.2) is 0 Å². The van der Waals surface area contributed by atoms with Crippen LogP contribution in [-0.4, -0.2) is 36.5 Å². The van der Waals surface area contributed by atoms with E-state index in [9.17, 15) is 19.7 Å². The first-order chi connectivity index (χ1) is 14.0. The van der Waals surface area contributed by atoms with Crippen LogP contribution >= 0.6 is 0 Å². The Kier molecular flexibility index (Phi) is 8.52. The van der Waals surface area contributed by atoms with Crippen LogP contribution in [-0.2, 0) is 9.53 Å². The highest BCUT2D eigenvalue weighted by Crippen LogP contribution is 2.16.